The van der Waals surface area contributed by atoms with Gasteiger partial charge in [-0.25, -0.2) is 0 Å². The Labute approximate surface area is 68.7 Å². The minimum atomic E-state index is 0.185. The van der Waals surface area contributed by atoms with Gasteiger partial charge in [0.15, 0.2) is 0 Å². The lowest BCUT2D eigenvalue weighted by atomic mass is 10.0. The van der Waals surface area contributed by atoms with E-state index >= 15 is 0 Å². The van der Waals surface area contributed by atoms with Gasteiger partial charge in [0.1, 0.15) is 0 Å². The average Bonchev–Trinajstić information content (AvgIpc) is 2.03. The maximum Gasteiger partial charge on any atom is 0.0497 e. The van der Waals surface area contributed by atoms with Crippen LogP contribution in [0.25, 0.3) is 0 Å². The quantitative estimate of drug-likeness (QED) is 0.613. The van der Waals surface area contributed by atoms with E-state index in [1.807, 2.05) is 32.1 Å². The highest BCUT2D eigenvalue weighted by Crippen LogP contribution is 2.10. The summed E-state index contributed by atoms with van der Waals surface area (Å²) in [6, 6.07) is 0. The third-order valence-corrected chi connectivity index (χ3v) is 1.51. The molecule has 1 heteroatoms. The van der Waals surface area contributed by atoms with E-state index in [4.69, 9.17) is 5.11 Å². The highest BCUT2D eigenvalue weighted by molar-refractivity contribution is 5.24. The van der Waals surface area contributed by atoms with Crippen LogP contribution in [-0.4, -0.2) is 11.7 Å². The SMILES string of the molecule is C=C/C=C(\C=C/C)[C@H](C)CO. The largest absolute Gasteiger partial charge is 0.396 e. The van der Waals surface area contributed by atoms with Crippen molar-refractivity contribution in [1.29, 1.82) is 0 Å². The van der Waals surface area contributed by atoms with Crippen LogP contribution in [0.15, 0.2) is 36.5 Å². The zero-order valence-electron chi connectivity index (χ0n) is 7.25. The van der Waals surface area contributed by atoms with Crippen molar-refractivity contribution >= 4 is 0 Å². The maximum absolute atomic E-state index is 8.85. The van der Waals surface area contributed by atoms with Gasteiger partial charge >= 0.3 is 0 Å². The van der Waals surface area contributed by atoms with E-state index in [1.54, 1.807) is 6.08 Å². The lowest BCUT2D eigenvalue weighted by molar-refractivity contribution is 0.258. The molecule has 1 atom stereocenters. The summed E-state index contributed by atoms with van der Waals surface area (Å²) in [5.41, 5.74) is 1.12. The number of aliphatic hydroxyl groups excluding tert-OH is 1. The third kappa shape index (κ3) is 3.79. The summed E-state index contributed by atoms with van der Waals surface area (Å²) in [4.78, 5) is 0. The molecule has 11 heavy (non-hydrogen) atoms. The van der Waals surface area contributed by atoms with Crippen molar-refractivity contribution in [2.24, 2.45) is 5.92 Å². The Balaban J connectivity index is 4.32. The number of hydrogen-bond donors (Lipinski definition) is 1. The van der Waals surface area contributed by atoms with Gasteiger partial charge in [0.05, 0.1) is 0 Å². The molecule has 0 bridgehead atoms. The fourth-order valence-electron chi connectivity index (χ4n) is 0.818. The fourth-order valence-corrected chi connectivity index (χ4v) is 0.818. The topological polar surface area (TPSA) is 20.2 Å². The van der Waals surface area contributed by atoms with Crippen LogP contribution < -0.4 is 0 Å². The highest BCUT2D eigenvalue weighted by atomic mass is 16.3. The van der Waals surface area contributed by atoms with Crippen LogP contribution >= 0.6 is 0 Å². The second kappa shape index (κ2) is 5.93. The molecule has 0 aliphatic carbocycles. The fraction of sp³-hybridized carbons (Fsp3) is 0.400. The predicted molar refractivity (Wildman–Crippen MR) is 49.3 cm³/mol. The van der Waals surface area contributed by atoms with Gasteiger partial charge in [0.25, 0.3) is 0 Å². The van der Waals surface area contributed by atoms with Crippen LogP contribution in [0.3, 0.4) is 0 Å². The molecular formula is C10H16O. The molecule has 0 aromatic carbocycles. The Hall–Kier alpha value is -0.820. The van der Waals surface area contributed by atoms with Gasteiger partial charge in [-0.05, 0) is 12.5 Å². The first-order valence-corrected chi connectivity index (χ1v) is 3.82. The van der Waals surface area contributed by atoms with Gasteiger partial charge in [-0.2, -0.15) is 0 Å². The minimum absolute atomic E-state index is 0.185. The maximum atomic E-state index is 8.85. The van der Waals surface area contributed by atoms with Gasteiger partial charge < -0.3 is 5.11 Å². The van der Waals surface area contributed by atoms with Crippen molar-refractivity contribution in [1.82, 2.24) is 0 Å². The minimum Gasteiger partial charge on any atom is -0.396 e. The Morgan fingerprint density at radius 3 is 2.64 bits per heavy atom. The predicted octanol–water partition coefficient (Wildman–Crippen LogP) is 2.30. The second-order valence-corrected chi connectivity index (χ2v) is 2.49. The Morgan fingerprint density at radius 1 is 1.64 bits per heavy atom. The van der Waals surface area contributed by atoms with Crippen LogP contribution in [0.4, 0.5) is 0 Å². The lowest BCUT2D eigenvalue weighted by Gasteiger charge is -2.07. The number of allylic oxidation sites excluding steroid dienone is 4. The number of aliphatic hydroxyl groups is 1. The Kier molecular flexibility index (Phi) is 5.49. The normalized spacial score (nSPS) is 15.4. The molecule has 0 unspecified atom stereocenters. The van der Waals surface area contributed by atoms with Crippen molar-refractivity contribution in [3.05, 3.63) is 36.5 Å². The second-order valence-electron chi connectivity index (χ2n) is 2.49. The molecule has 62 valence electrons. The van der Waals surface area contributed by atoms with Crippen molar-refractivity contribution < 1.29 is 5.11 Å². The molecule has 0 rings (SSSR count). The molecule has 0 fully saturated rings. The Morgan fingerprint density at radius 2 is 2.27 bits per heavy atom. The molecule has 0 saturated heterocycles. The summed E-state index contributed by atoms with van der Waals surface area (Å²) < 4.78 is 0. The van der Waals surface area contributed by atoms with Crippen LogP contribution in [0.5, 0.6) is 0 Å². The van der Waals surface area contributed by atoms with Crippen molar-refractivity contribution in [2.45, 2.75) is 13.8 Å². The first-order chi connectivity index (χ1) is 5.26. The standard InChI is InChI=1S/C10H16O/c1-4-6-10(7-5-2)9(3)8-11/h4-7,9,11H,1,8H2,2-3H3/b7-5-,10-6+/t9-/m1/s1. The molecule has 1 nitrogen and oxygen atoms in total. The summed E-state index contributed by atoms with van der Waals surface area (Å²) in [6.07, 6.45) is 7.60. The molecule has 0 heterocycles. The average molecular weight is 152 g/mol. The molecule has 0 saturated carbocycles. The molecule has 0 amide bonds. The van der Waals surface area contributed by atoms with E-state index in [0.717, 1.165) is 5.57 Å². The number of rotatable bonds is 4. The zero-order chi connectivity index (χ0) is 8.69. The van der Waals surface area contributed by atoms with Gasteiger partial charge in [0.2, 0.25) is 0 Å². The summed E-state index contributed by atoms with van der Waals surface area (Å²) in [5, 5.41) is 8.85. The van der Waals surface area contributed by atoms with Crippen molar-refractivity contribution in [3.63, 3.8) is 0 Å². The van der Waals surface area contributed by atoms with E-state index in [1.165, 1.54) is 0 Å². The summed E-state index contributed by atoms with van der Waals surface area (Å²) >= 11 is 0. The van der Waals surface area contributed by atoms with E-state index in [0.29, 0.717) is 0 Å². The van der Waals surface area contributed by atoms with Gasteiger partial charge in [0, 0.05) is 12.5 Å². The molecule has 0 aromatic rings. The van der Waals surface area contributed by atoms with Crippen LogP contribution in [0.2, 0.25) is 0 Å². The Bertz CT molecular complexity index is 166. The molecule has 0 aliphatic heterocycles. The monoisotopic (exact) mass is 152 g/mol. The van der Waals surface area contributed by atoms with Crippen molar-refractivity contribution in [3.8, 4) is 0 Å². The first-order valence-electron chi connectivity index (χ1n) is 3.82. The molecule has 1 N–H and O–H groups in total. The first kappa shape index (κ1) is 10.2. The lowest BCUT2D eigenvalue weighted by Crippen LogP contribution is -2.02. The smallest absolute Gasteiger partial charge is 0.0497 e. The van der Waals surface area contributed by atoms with Crippen LogP contribution in [0.1, 0.15) is 13.8 Å². The van der Waals surface area contributed by atoms with Crippen LogP contribution in [-0.2, 0) is 0 Å². The van der Waals surface area contributed by atoms with E-state index in [2.05, 4.69) is 6.58 Å². The zero-order valence-corrected chi connectivity index (χ0v) is 7.25. The summed E-state index contributed by atoms with van der Waals surface area (Å²) in [5.74, 6) is 0.198. The molecule has 0 aliphatic rings. The third-order valence-electron chi connectivity index (χ3n) is 1.51. The summed E-state index contributed by atoms with van der Waals surface area (Å²) in [7, 11) is 0. The van der Waals surface area contributed by atoms with Gasteiger partial charge in [-0.3, -0.25) is 0 Å². The summed E-state index contributed by atoms with van der Waals surface area (Å²) in [6.45, 7) is 7.73. The van der Waals surface area contributed by atoms with E-state index < -0.39 is 0 Å². The van der Waals surface area contributed by atoms with E-state index in [9.17, 15) is 0 Å². The molecule has 0 spiro atoms. The van der Waals surface area contributed by atoms with Gasteiger partial charge in [-0.1, -0.05) is 37.8 Å². The van der Waals surface area contributed by atoms with Crippen LogP contribution in [0, 0.1) is 5.92 Å². The van der Waals surface area contributed by atoms with Crippen molar-refractivity contribution in [2.75, 3.05) is 6.61 Å². The molecular weight excluding hydrogens is 136 g/mol. The molecule has 0 radical (unpaired) electrons. The van der Waals surface area contributed by atoms with E-state index in [-0.39, 0.29) is 12.5 Å². The number of hydrogen-bond acceptors (Lipinski definition) is 1. The molecule has 0 aromatic heterocycles. The highest BCUT2D eigenvalue weighted by Gasteiger charge is 2.01. The van der Waals surface area contributed by atoms with Gasteiger partial charge in [-0.15, -0.1) is 0 Å².